The predicted molar refractivity (Wildman–Crippen MR) is 57.9 cm³/mol. The Balaban J connectivity index is 2.39. The Morgan fingerprint density at radius 3 is 3.00 bits per heavy atom. The van der Waals surface area contributed by atoms with Crippen molar-refractivity contribution in [2.75, 3.05) is 0 Å². The molecule has 72 valence electrons. The van der Waals surface area contributed by atoms with Crippen LogP contribution in [-0.2, 0) is 0 Å². The molecule has 1 aliphatic carbocycles. The molecule has 0 bridgehead atoms. The fourth-order valence-electron chi connectivity index (χ4n) is 1.77. The zero-order chi connectivity index (χ0) is 9.71. The third-order valence-electron chi connectivity index (χ3n) is 2.61. The lowest BCUT2D eigenvalue weighted by atomic mass is 10.3. The highest BCUT2D eigenvalue weighted by molar-refractivity contribution is 7.71. The number of aromatic amines is 1. The van der Waals surface area contributed by atoms with Crippen molar-refractivity contribution in [2.24, 2.45) is 0 Å². The number of imidazole rings is 1. The lowest BCUT2D eigenvalue weighted by Gasteiger charge is -2.00. The van der Waals surface area contributed by atoms with E-state index in [4.69, 9.17) is 12.2 Å². The second-order valence-electron chi connectivity index (χ2n) is 3.86. The zero-order valence-corrected chi connectivity index (χ0v) is 8.77. The average Bonchev–Trinajstić information content (AvgIpc) is 2.90. The Labute approximate surface area is 86.8 Å². The number of hydrogen-bond donors (Lipinski definition) is 1. The van der Waals surface area contributed by atoms with Crippen LogP contribution in [0.25, 0.3) is 11.2 Å². The monoisotopic (exact) mass is 205 g/mol. The lowest BCUT2D eigenvalue weighted by molar-refractivity contribution is 0.744. The summed E-state index contributed by atoms with van der Waals surface area (Å²) < 4.78 is 2.96. The minimum atomic E-state index is 0.588. The molecule has 14 heavy (non-hydrogen) atoms. The molecule has 1 saturated carbocycles. The van der Waals surface area contributed by atoms with E-state index in [9.17, 15) is 0 Å². The number of rotatable bonds is 1. The molecule has 0 radical (unpaired) electrons. The van der Waals surface area contributed by atoms with Crippen molar-refractivity contribution in [2.45, 2.75) is 25.8 Å². The molecule has 2 aromatic heterocycles. The van der Waals surface area contributed by atoms with Crippen LogP contribution in [0.5, 0.6) is 0 Å². The highest BCUT2D eigenvalue weighted by Crippen LogP contribution is 2.37. The zero-order valence-electron chi connectivity index (χ0n) is 7.95. The SMILES string of the molecule is Cc1ccc2[nH]c(=S)n(C3CC3)c2n1. The van der Waals surface area contributed by atoms with Gasteiger partial charge < -0.3 is 4.98 Å². The van der Waals surface area contributed by atoms with Gasteiger partial charge in [-0.2, -0.15) is 0 Å². The van der Waals surface area contributed by atoms with Crippen molar-refractivity contribution < 1.29 is 0 Å². The van der Waals surface area contributed by atoms with Gasteiger partial charge >= 0.3 is 0 Å². The van der Waals surface area contributed by atoms with Crippen molar-refractivity contribution in [3.05, 3.63) is 22.6 Å². The molecule has 0 unspecified atom stereocenters. The number of pyridine rings is 1. The molecular weight excluding hydrogens is 194 g/mol. The van der Waals surface area contributed by atoms with Gasteiger partial charge in [0, 0.05) is 11.7 Å². The number of nitrogens with zero attached hydrogens (tertiary/aromatic N) is 2. The second kappa shape index (κ2) is 2.67. The minimum Gasteiger partial charge on any atom is -0.329 e. The summed E-state index contributed by atoms with van der Waals surface area (Å²) in [6, 6.07) is 4.64. The molecule has 3 rings (SSSR count). The van der Waals surface area contributed by atoms with E-state index in [-0.39, 0.29) is 0 Å². The summed E-state index contributed by atoms with van der Waals surface area (Å²) in [5.74, 6) is 0. The van der Waals surface area contributed by atoms with Crippen LogP contribution in [0.15, 0.2) is 12.1 Å². The molecule has 0 atom stereocenters. The first-order valence-electron chi connectivity index (χ1n) is 4.83. The van der Waals surface area contributed by atoms with Crippen LogP contribution < -0.4 is 0 Å². The molecule has 1 N–H and O–H groups in total. The third kappa shape index (κ3) is 1.10. The molecule has 2 aromatic rings. The smallest absolute Gasteiger partial charge is 0.179 e. The van der Waals surface area contributed by atoms with E-state index in [0.29, 0.717) is 6.04 Å². The number of aromatic nitrogens is 3. The van der Waals surface area contributed by atoms with E-state index in [2.05, 4.69) is 14.5 Å². The van der Waals surface area contributed by atoms with E-state index in [0.717, 1.165) is 21.6 Å². The van der Waals surface area contributed by atoms with E-state index >= 15 is 0 Å². The first-order chi connectivity index (χ1) is 6.75. The largest absolute Gasteiger partial charge is 0.329 e. The standard InChI is InChI=1S/C10H11N3S/c1-6-2-5-8-9(11-6)13(7-3-4-7)10(14)12-8/h2,5,7H,3-4H2,1H3,(H,12,14). The summed E-state index contributed by atoms with van der Waals surface area (Å²) >= 11 is 5.28. The number of nitrogens with one attached hydrogen (secondary N) is 1. The van der Waals surface area contributed by atoms with Crippen molar-refractivity contribution in [1.82, 2.24) is 14.5 Å². The van der Waals surface area contributed by atoms with Crippen molar-refractivity contribution in [3.8, 4) is 0 Å². The molecule has 0 saturated heterocycles. The van der Waals surface area contributed by atoms with Crippen LogP contribution in [-0.4, -0.2) is 14.5 Å². The summed E-state index contributed by atoms with van der Waals surface area (Å²) in [4.78, 5) is 7.71. The summed E-state index contributed by atoms with van der Waals surface area (Å²) in [6.07, 6.45) is 2.47. The molecule has 1 aliphatic rings. The molecule has 4 heteroatoms. The minimum absolute atomic E-state index is 0.588. The van der Waals surface area contributed by atoms with Gasteiger partial charge in [-0.1, -0.05) is 0 Å². The van der Waals surface area contributed by atoms with Crippen LogP contribution >= 0.6 is 12.2 Å². The van der Waals surface area contributed by atoms with Gasteiger partial charge in [0.1, 0.15) is 0 Å². The summed E-state index contributed by atoms with van der Waals surface area (Å²) in [6.45, 7) is 2.01. The predicted octanol–water partition coefficient (Wildman–Crippen LogP) is 2.74. The molecule has 0 amide bonds. The van der Waals surface area contributed by atoms with Gasteiger partial charge in [0.15, 0.2) is 10.4 Å². The quantitative estimate of drug-likeness (QED) is 0.726. The van der Waals surface area contributed by atoms with Crippen LogP contribution in [0, 0.1) is 11.7 Å². The Bertz CT molecular complexity index is 548. The van der Waals surface area contributed by atoms with Crippen LogP contribution in [0.2, 0.25) is 0 Å². The van der Waals surface area contributed by atoms with Gasteiger partial charge in [0.25, 0.3) is 0 Å². The molecule has 2 heterocycles. The van der Waals surface area contributed by atoms with Gasteiger partial charge in [-0.25, -0.2) is 4.98 Å². The highest BCUT2D eigenvalue weighted by Gasteiger charge is 2.26. The highest BCUT2D eigenvalue weighted by atomic mass is 32.1. The first kappa shape index (κ1) is 8.17. The van der Waals surface area contributed by atoms with Crippen molar-refractivity contribution in [3.63, 3.8) is 0 Å². The van der Waals surface area contributed by atoms with Crippen LogP contribution in [0.3, 0.4) is 0 Å². The van der Waals surface area contributed by atoms with E-state index in [1.807, 2.05) is 19.1 Å². The maximum atomic E-state index is 5.28. The molecule has 3 nitrogen and oxygen atoms in total. The third-order valence-corrected chi connectivity index (χ3v) is 2.91. The number of fused-ring (bicyclic) bond motifs is 1. The summed E-state index contributed by atoms with van der Waals surface area (Å²) in [5, 5.41) is 0. The van der Waals surface area contributed by atoms with E-state index < -0.39 is 0 Å². The van der Waals surface area contributed by atoms with Gasteiger partial charge in [0.05, 0.1) is 5.52 Å². The maximum absolute atomic E-state index is 5.28. The first-order valence-corrected chi connectivity index (χ1v) is 5.24. The summed E-state index contributed by atoms with van der Waals surface area (Å²) in [5.41, 5.74) is 3.10. The number of hydrogen-bond acceptors (Lipinski definition) is 2. The van der Waals surface area contributed by atoms with Gasteiger partial charge in [-0.3, -0.25) is 4.57 Å². The molecule has 1 fully saturated rings. The Morgan fingerprint density at radius 2 is 2.29 bits per heavy atom. The second-order valence-corrected chi connectivity index (χ2v) is 4.24. The average molecular weight is 205 g/mol. The van der Waals surface area contributed by atoms with Gasteiger partial charge in [0.2, 0.25) is 0 Å². The van der Waals surface area contributed by atoms with Gasteiger partial charge in [-0.15, -0.1) is 0 Å². The Hall–Kier alpha value is -1.16. The maximum Gasteiger partial charge on any atom is 0.179 e. The molecule has 0 aliphatic heterocycles. The summed E-state index contributed by atoms with van der Waals surface area (Å²) in [7, 11) is 0. The van der Waals surface area contributed by atoms with E-state index in [1.165, 1.54) is 12.8 Å². The van der Waals surface area contributed by atoms with Crippen molar-refractivity contribution >= 4 is 23.4 Å². The van der Waals surface area contributed by atoms with Gasteiger partial charge in [-0.05, 0) is 44.1 Å². The molecule has 0 aromatic carbocycles. The fourth-order valence-corrected chi connectivity index (χ4v) is 2.11. The Morgan fingerprint density at radius 1 is 1.50 bits per heavy atom. The topological polar surface area (TPSA) is 33.6 Å². The van der Waals surface area contributed by atoms with Crippen LogP contribution in [0.4, 0.5) is 0 Å². The Kier molecular flexibility index (Phi) is 1.56. The van der Waals surface area contributed by atoms with Crippen molar-refractivity contribution in [1.29, 1.82) is 0 Å². The molecular formula is C10H11N3S. The normalized spacial score (nSPS) is 16.4. The lowest BCUT2D eigenvalue weighted by Crippen LogP contribution is -1.95. The number of H-pyrrole nitrogens is 1. The van der Waals surface area contributed by atoms with Crippen LogP contribution in [0.1, 0.15) is 24.6 Å². The fraction of sp³-hybridized carbons (Fsp3) is 0.400. The molecule has 0 spiro atoms. The van der Waals surface area contributed by atoms with E-state index in [1.54, 1.807) is 0 Å². The number of aryl methyl sites for hydroxylation is 1.